The van der Waals surface area contributed by atoms with Gasteiger partial charge in [-0.2, -0.15) is 0 Å². The first kappa shape index (κ1) is 16.5. The van der Waals surface area contributed by atoms with E-state index in [1.165, 1.54) is 12.1 Å². The van der Waals surface area contributed by atoms with E-state index in [4.69, 9.17) is 16.7 Å². The Bertz CT molecular complexity index is 790. The molecule has 7 heteroatoms. The first-order chi connectivity index (χ1) is 10.3. The van der Waals surface area contributed by atoms with E-state index in [0.29, 0.717) is 0 Å². The summed E-state index contributed by atoms with van der Waals surface area (Å²) in [6.07, 6.45) is 0. The van der Waals surface area contributed by atoms with Crippen LogP contribution in [0.25, 0.3) is 0 Å². The number of hydrogen-bond acceptors (Lipinski definition) is 3. The van der Waals surface area contributed by atoms with Gasteiger partial charge >= 0.3 is 5.97 Å². The van der Waals surface area contributed by atoms with E-state index in [2.05, 4.69) is 4.72 Å². The number of carboxylic acid groups (broad SMARTS) is 1. The average Bonchev–Trinajstić information content (AvgIpc) is 2.47. The second kappa shape index (κ2) is 6.48. The third kappa shape index (κ3) is 3.65. The molecule has 116 valence electrons. The number of benzene rings is 2. The normalized spacial score (nSPS) is 12.8. The van der Waals surface area contributed by atoms with Crippen molar-refractivity contribution in [2.45, 2.75) is 17.9 Å². The van der Waals surface area contributed by atoms with Crippen molar-refractivity contribution in [1.82, 2.24) is 4.72 Å². The molecule has 0 saturated heterocycles. The zero-order valence-corrected chi connectivity index (χ0v) is 13.2. The highest BCUT2D eigenvalue weighted by atomic mass is 35.5. The molecular formula is C15H14ClNO4S. The lowest BCUT2D eigenvalue weighted by atomic mass is 10.1. The van der Waals surface area contributed by atoms with Crippen molar-refractivity contribution < 1.29 is 18.3 Å². The van der Waals surface area contributed by atoms with Crippen molar-refractivity contribution in [2.75, 3.05) is 0 Å². The van der Waals surface area contributed by atoms with E-state index in [1.54, 1.807) is 31.2 Å². The molecule has 2 N–H and O–H groups in total. The summed E-state index contributed by atoms with van der Waals surface area (Å²) < 4.78 is 27.3. The van der Waals surface area contributed by atoms with E-state index in [-0.39, 0.29) is 15.5 Å². The predicted molar refractivity (Wildman–Crippen MR) is 83.6 cm³/mol. The van der Waals surface area contributed by atoms with Crippen molar-refractivity contribution in [1.29, 1.82) is 0 Å². The number of nitrogens with one attached hydrogen (secondary N) is 1. The molecule has 2 rings (SSSR count). The van der Waals surface area contributed by atoms with Crippen molar-refractivity contribution in [3.63, 3.8) is 0 Å². The van der Waals surface area contributed by atoms with Gasteiger partial charge < -0.3 is 5.11 Å². The summed E-state index contributed by atoms with van der Waals surface area (Å²) in [5.41, 5.74) is 0.647. The van der Waals surface area contributed by atoms with Crippen LogP contribution in [-0.4, -0.2) is 19.5 Å². The van der Waals surface area contributed by atoms with Gasteiger partial charge in [0.05, 0.1) is 10.6 Å². The van der Waals surface area contributed by atoms with Crippen molar-refractivity contribution in [3.8, 4) is 0 Å². The van der Waals surface area contributed by atoms with Crippen molar-refractivity contribution in [2.24, 2.45) is 0 Å². The summed E-state index contributed by atoms with van der Waals surface area (Å²) in [5, 5.41) is 8.94. The summed E-state index contributed by atoms with van der Waals surface area (Å²) in [7, 11) is -3.94. The highest BCUT2D eigenvalue weighted by Gasteiger charge is 2.22. The van der Waals surface area contributed by atoms with Gasteiger partial charge in [0, 0.05) is 6.04 Å². The van der Waals surface area contributed by atoms with Crippen LogP contribution in [0.5, 0.6) is 0 Å². The van der Waals surface area contributed by atoms with Crippen LogP contribution in [0.15, 0.2) is 53.4 Å². The highest BCUT2D eigenvalue weighted by molar-refractivity contribution is 7.89. The fourth-order valence-corrected chi connectivity index (χ4v) is 3.71. The summed E-state index contributed by atoms with van der Waals surface area (Å²) in [5.74, 6) is -1.22. The Hall–Kier alpha value is -1.89. The molecule has 22 heavy (non-hydrogen) atoms. The smallest absolute Gasteiger partial charge is 0.335 e. The van der Waals surface area contributed by atoms with E-state index >= 15 is 0 Å². The number of halogens is 1. The number of carboxylic acids is 1. The highest BCUT2D eigenvalue weighted by Crippen LogP contribution is 2.24. The topological polar surface area (TPSA) is 83.5 Å². The maximum Gasteiger partial charge on any atom is 0.335 e. The first-order valence-corrected chi connectivity index (χ1v) is 8.27. The Morgan fingerprint density at radius 3 is 2.41 bits per heavy atom. The Balaban J connectivity index is 2.35. The van der Waals surface area contributed by atoms with Gasteiger partial charge in [-0.25, -0.2) is 17.9 Å². The molecule has 1 atom stereocenters. The molecule has 0 aliphatic carbocycles. The summed E-state index contributed by atoms with van der Waals surface area (Å²) in [6, 6.07) is 12.1. The van der Waals surface area contributed by atoms with Gasteiger partial charge in [-0.3, -0.25) is 0 Å². The minimum absolute atomic E-state index is 0.0299. The molecule has 0 spiro atoms. The van der Waals surface area contributed by atoms with E-state index in [9.17, 15) is 13.2 Å². The average molecular weight is 340 g/mol. The number of rotatable bonds is 5. The van der Waals surface area contributed by atoms with Crippen LogP contribution < -0.4 is 4.72 Å². The second-order valence-corrected chi connectivity index (χ2v) is 6.79. The standard InChI is InChI=1S/C15H14ClNO4S/c1-10(11-5-3-2-4-6-11)17-22(20,21)14-9-12(15(18)19)7-8-13(14)16/h2-10,17H,1H3,(H,18,19). The molecular weight excluding hydrogens is 326 g/mol. The zero-order valence-electron chi connectivity index (χ0n) is 11.7. The number of sulfonamides is 1. The van der Waals surface area contributed by atoms with Crippen LogP contribution >= 0.6 is 11.6 Å². The third-order valence-corrected chi connectivity index (χ3v) is 5.12. The molecule has 5 nitrogen and oxygen atoms in total. The van der Waals surface area contributed by atoms with Gasteiger partial charge in [-0.15, -0.1) is 0 Å². The molecule has 0 radical (unpaired) electrons. The molecule has 0 aliphatic rings. The Morgan fingerprint density at radius 1 is 1.18 bits per heavy atom. The number of aromatic carboxylic acids is 1. The van der Waals surface area contributed by atoms with Crippen LogP contribution in [0.1, 0.15) is 28.9 Å². The molecule has 2 aromatic rings. The van der Waals surface area contributed by atoms with Gasteiger partial charge in [0.15, 0.2) is 0 Å². The second-order valence-electron chi connectivity index (χ2n) is 4.70. The Labute approximate surface area is 133 Å². The predicted octanol–water partition coefficient (Wildman–Crippen LogP) is 3.08. The lowest BCUT2D eigenvalue weighted by Gasteiger charge is -2.15. The van der Waals surface area contributed by atoms with Crippen LogP contribution in [0, 0.1) is 0 Å². The molecule has 1 unspecified atom stereocenters. The maximum atomic E-state index is 12.4. The molecule has 0 amide bonds. The van der Waals surface area contributed by atoms with Crippen LogP contribution in [0.2, 0.25) is 5.02 Å². The Kier molecular flexibility index (Phi) is 4.85. The largest absolute Gasteiger partial charge is 0.478 e. The minimum Gasteiger partial charge on any atom is -0.478 e. The quantitative estimate of drug-likeness (QED) is 0.876. The fourth-order valence-electron chi connectivity index (χ4n) is 1.95. The molecule has 0 saturated carbocycles. The fraction of sp³-hybridized carbons (Fsp3) is 0.133. The summed E-state index contributed by atoms with van der Waals surface area (Å²) >= 11 is 5.90. The van der Waals surface area contributed by atoms with E-state index < -0.39 is 22.0 Å². The first-order valence-electron chi connectivity index (χ1n) is 6.41. The molecule has 0 bridgehead atoms. The van der Waals surface area contributed by atoms with Crippen LogP contribution in [-0.2, 0) is 10.0 Å². The van der Waals surface area contributed by atoms with Crippen molar-refractivity contribution in [3.05, 3.63) is 64.7 Å². The minimum atomic E-state index is -3.94. The summed E-state index contributed by atoms with van der Waals surface area (Å²) in [6.45, 7) is 1.70. The molecule has 0 aromatic heterocycles. The molecule has 0 heterocycles. The zero-order chi connectivity index (χ0) is 16.3. The number of hydrogen-bond donors (Lipinski definition) is 2. The van der Waals surface area contributed by atoms with Gasteiger partial charge in [0.1, 0.15) is 4.90 Å². The monoisotopic (exact) mass is 339 g/mol. The van der Waals surface area contributed by atoms with Gasteiger partial charge in [0.2, 0.25) is 10.0 Å². The molecule has 0 aliphatic heterocycles. The van der Waals surface area contributed by atoms with Crippen LogP contribution in [0.3, 0.4) is 0 Å². The Morgan fingerprint density at radius 2 is 1.82 bits per heavy atom. The molecule has 0 fully saturated rings. The SMILES string of the molecule is CC(NS(=O)(=O)c1cc(C(=O)O)ccc1Cl)c1ccccc1. The summed E-state index contributed by atoms with van der Waals surface area (Å²) in [4.78, 5) is 10.7. The van der Waals surface area contributed by atoms with Crippen LogP contribution in [0.4, 0.5) is 0 Å². The van der Waals surface area contributed by atoms with Gasteiger partial charge in [-0.05, 0) is 30.7 Å². The lowest BCUT2D eigenvalue weighted by Crippen LogP contribution is -2.27. The molecule has 2 aromatic carbocycles. The lowest BCUT2D eigenvalue weighted by molar-refractivity contribution is 0.0696. The number of carbonyl (C=O) groups is 1. The maximum absolute atomic E-state index is 12.4. The van der Waals surface area contributed by atoms with Gasteiger partial charge in [0.25, 0.3) is 0 Å². The van der Waals surface area contributed by atoms with E-state index in [1.807, 2.05) is 6.07 Å². The van der Waals surface area contributed by atoms with Crippen molar-refractivity contribution >= 4 is 27.6 Å². The third-order valence-electron chi connectivity index (χ3n) is 3.10. The van der Waals surface area contributed by atoms with E-state index in [0.717, 1.165) is 11.6 Å². The van der Waals surface area contributed by atoms with Gasteiger partial charge in [-0.1, -0.05) is 41.9 Å².